The number of ether oxygens (including phenoxy) is 2. The molecule has 0 spiro atoms. The van der Waals surface area contributed by atoms with Gasteiger partial charge >= 0.3 is 11.9 Å². The van der Waals surface area contributed by atoms with E-state index in [1.54, 1.807) is 65.4 Å². The summed E-state index contributed by atoms with van der Waals surface area (Å²) in [7, 11) is 0. The van der Waals surface area contributed by atoms with Crippen LogP contribution in [0.3, 0.4) is 0 Å². The van der Waals surface area contributed by atoms with E-state index in [2.05, 4.69) is 27.6 Å². The molecule has 4 N–H and O–H groups in total. The number of fused-ring (bicyclic) bond motifs is 10. The molecule has 4 aliphatic heterocycles. The van der Waals surface area contributed by atoms with E-state index in [-0.39, 0.29) is 48.7 Å². The molecule has 0 radical (unpaired) electrons. The molecule has 14 nitrogen and oxygen atoms in total. The van der Waals surface area contributed by atoms with Crippen LogP contribution in [0.2, 0.25) is 0 Å². The number of hydrogen-bond acceptors (Lipinski definition) is 12. The van der Waals surface area contributed by atoms with Crippen molar-refractivity contribution in [1.29, 1.82) is 0 Å². The molecule has 0 aliphatic carbocycles. The van der Waals surface area contributed by atoms with Gasteiger partial charge in [0.05, 0.1) is 61.6 Å². The van der Waals surface area contributed by atoms with Crippen molar-refractivity contribution in [3.05, 3.63) is 112 Å². The number of hydrogen-bond donors (Lipinski definition) is 4. The molecule has 0 unspecified atom stereocenters. The van der Waals surface area contributed by atoms with Gasteiger partial charge in [0, 0.05) is 33.0 Å². The van der Waals surface area contributed by atoms with Crippen molar-refractivity contribution >= 4 is 56.3 Å². The lowest BCUT2D eigenvalue weighted by molar-refractivity contribution is -0.172. The van der Waals surface area contributed by atoms with Gasteiger partial charge in [0.15, 0.2) is 11.2 Å². The van der Waals surface area contributed by atoms with Crippen LogP contribution in [0.15, 0.2) is 64.2 Å². The molecule has 15 heteroatoms. The summed E-state index contributed by atoms with van der Waals surface area (Å²) in [6, 6.07) is 15.4. The molecular weight excluding hydrogens is 823 g/mol. The van der Waals surface area contributed by atoms with Crippen LogP contribution < -0.4 is 11.1 Å². The summed E-state index contributed by atoms with van der Waals surface area (Å²) in [4.78, 5) is 59.8. The van der Waals surface area contributed by atoms with Gasteiger partial charge < -0.3 is 39.0 Å². The number of carbonyl (C=O) groups is 2. The number of rotatable bonds is 2. The largest absolute Gasteiger partial charge is 0.508 e. The Kier molecular flexibility index (Phi) is 7.77. The topological polar surface area (TPSA) is 203 Å². The molecule has 10 rings (SSSR count). The van der Waals surface area contributed by atoms with Gasteiger partial charge in [0.25, 0.3) is 11.1 Å². The molecule has 2 aromatic carbocycles. The molecule has 0 bridgehead atoms. The average Bonchev–Trinajstić information content (AvgIpc) is 3.73. The van der Waals surface area contributed by atoms with Crippen molar-refractivity contribution in [2.24, 2.45) is 0 Å². The highest BCUT2D eigenvalue weighted by Gasteiger charge is 2.46. The highest BCUT2D eigenvalue weighted by molar-refractivity contribution is 14.1. The zero-order valence-corrected chi connectivity index (χ0v) is 31.5. The summed E-state index contributed by atoms with van der Waals surface area (Å²) in [5, 5.41) is 43.0. The Balaban J connectivity index is 0.000000144. The number of aliphatic hydroxyl groups is 2. The van der Waals surface area contributed by atoms with Crippen LogP contribution in [0.1, 0.15) is 60.1 Å². The van der Waals surface area contributed by atoms with Crippen molar-refractivity contribution in [2.75, 3.05) is 0 Å². The number of aromatic hydroxyl groups is 2. The SMILES string of the molecule is CC[C@@]1(O)C(=O)OCc2c1cc1n(c2=O)Cc2cc3c(I)c(O)ccc3nc2-1.CC[C@@]1(O)C(=O)OCc2c1cc1n(c2=O)Cc2cc3cc(O)ccc3nc2-1. The van der Waals surface area contributed by atoms with E-state index >= 15 is 0 Å². The Bertz CT molecular complexity index is 2870. The predicted molar refractivity (Wildman–Crippen MR) is 205 cm³/mol. The van der Waals surface area contributed by atoms with E-state index in [9.17, 15) is 39.6 Å². The minimum atomic E-state index is -1.83. The number of benzene rings is 2. The normalized spacial score (nSPS) is 20.0. The minimum Gasteiger partial charge on any atom is -0.508 e. The summed E-state index contributed by atoms with van der Waals surface area (Å²) in [6.45, 7) is 3.74. The van der Waals surface area contributed by atoms with Crippen LogP contribution in [0.5, 0.6) is 11.5 Å². The van der Waals surface area contributed by atoms with Gasteiger partial charge in [-0.2, -0.15) is 0 Å². The second kappa shape index (κ2) is 12.2. The van der Waals surface area contributed by atoms with Crippen LogP contribution in [-0.2, 0) is 56.6 Å². The van der Waals surface area contributed by atoms with Gasteiger partial charge in [-0.3, -0.25) is 9.59 Å². The number of nitrogens with zero attached hydrogens (tertiary/aromatic N) is 4. The number of pyridine rings is 4. The number of carbonyl (C=O) groups excluding carboxylic acids is 2. The predicted octanol–water partition coefficient (Wildman–Crippen LogP) is 4.18. The van der Waals surface area contributed by atoms with E-state index in [1.165, 1.54) is 0 Å². The van der Waals surface area contributed by atoms with Crippen molar-refractivity contribution in [3.63, 3.8) is 0 Å². The van der Waals surface area contributed by atoms with Gasteiger partial charge in [-0.15, -0.1) is 0 Å². The third-order valence-electron chi connectivity index (χ3n) is 11.1. The maximum atomic E-state index is 13.1. The zero-order chi connectivity index (χ0) is 38.7. The summed E-state index contributed by atoms with van der Waals surface area (Å²) in [5.41, 5.74) is 2.51. The van der Waals surface area contributed by atoms with E-state index in [0.29, 0.717) is 72.7 Å². The van der Waals surface area contributed by atoms with Crippen LogP contribution in [-0.4, -0.2) is 51.5 Å². The van der Waals surface area contributed by atoms with Crippen molar-refractivity contribution in [1.82, 2.24) is 19.1 Å². The van der Waals surface area contributed by atoms with Crippen molar-refractivity contribution in [2.45, 2.75) is 64.2 Å². The monoisotopic (exact) mass is 854 g/mol. The first-order valence-corrected chi connectivity index (χ1v) is 18.6. The second-order valence-corrected chi connectivity index (χ2v) is 15.1. The molecule has 0 saturated carbocycles. The summed E-state index contributed by atoms with van der Waals surface area (Å²) in [6.07, 6.45) is 0.218. The number of phenols is 2. The van der Waals surface area contributed by atoms with Crippen LogP contribution in [0.4, 0.5) is 0 Å². The standard InChI is InChI=1S/C20H15IN2O5.C20H16N2O5/c1-2-20(27)12-6-14-17-9(5-10-13(22-17)3-4-15(24)16(10)21)7-23(14)18(25)11(12)8-28-19(20)26;1-2-20(26)14-7-16-17-11(5-10-6-12(23)3-4-15(10)21-17)8-22(16)18(24)13(14)9-27-19(20)25/h3-6,24,27H,2,7-8H2,1H3;3-7,23,26H,2,8-9H2,1H3/t2*20-/m00/s1. The highest BCUT2D eigenvalue weighted by Crippen LogP contribution is 2.41. The molecule has 6 aromatic rings. The lowest BCUT2D eigenvalue weighted by atomic mass is 9.86. The smallest absolute Gasteiger partial charge is 0.343 e. The van der Waals surface area contributed by atoms with Gasteiger partial charge in [-0.25, -0.2) is 19.6 Å². The van der Waals surface area contributed by atoms with Crippen molar-refractivity contribution in [3.8, 4) is 34.3 Å². The zero-order valence-electron chi connectivity index (χ0n) is 29.3. The first kappa shape index (κ1) is 35.1. The molecule has 4 aliphatic rings. The highest BCUT2D eigenvalue weighted by atomic mass is 127. The lowest BCUT2D eigenvalue weighted by Crippen LogP contribution is -2.44. The van der Waals surface area contributed by atoms with E-state index in [4.69, 9.17) is 14.5 Å². The number of halogens is 1. The molecule has 8 heterocycles. The molecule has 0 amide bonds. The maximum absolute atomic E-state index is 13.1. The Morgan fingerprint density at radius 3 is 1.76 bits per heavy atom. The molecule has 0 fully saturated rings. The lowest BCUT2D eigenvalue weighted by Gasteiger charge is -2.31. The summed E-state index contributed by atoms with van der Waals surface area (Å²) >= 11 is 2.07. The first-order valence-electron chi connectivity index (χ1n) is 17.6. The minimum absolute atomic E-state index is 0.108. The number of aromatic nitrogens is 4. The molecule has 278 valence electrons. The van der Waals surface area contributed by atoms with Crippen LogP contribution >= 0.6 is 22.6 Å². The van der Waals surface area contributed by atoms with Gasteiger partial charge in [-0.05, 0) is 90.0 Å². The third kappa shape index (κ3) is 4.98. The fourth-order valence-corrected chi connectivity index (χ4v) is 8.59. The number of cyclic esters (lactones) is 2. The maximum Gasteiger partial charge on any atom is 0.343 e. The summed E-state index contributed by atoms with van der Waals surface area (Å²) in [5.74, 6) is -1.14. The Morgan fingerprint density at radius 2 is 1.22 bits per heavy atom. The number of esters is 2. The van der Waals surface area contributed by atoms with Gasteiger partial charge in [0.2, 0.25) is 0 Å². The fourth-order valence-electron chi connectivity index (χ4n) is 7.98. The second-order valence-electron chi connectivity index (χ2n) is 14.0. The average molecular weight is 855 g/mol. The fraction of sp³-hybridized carbons (Fsp3) is 0.250. The number of phenolic OH excluding ortho intramolecular Hbond substituents is 2. The van der Waals surface area contributed by atoms with Crippen LogP contribution in [0, 0.1) is 3.57 Å². The Morgan fingerprint density at radius 1 is 0.709 bits per heavy atom. The van der Waals surface area contributed by atoms with Gasteiger partial charge in [0.1, 0.15) is 24.7 Å². The van der Waals surface area contributed by atoms with E-state index < -0.39 is 23.1 Å². The third-order valence-corrected chi connectivity index (χ3v) is 12.2. The van der Waals surface area contributed by atoms with Gasteiger partial charge in [-0.1, -0.05) is 13.8 Å². The quantitative estimate of drug-likeness (QED) is 0.143. The van der Waals surface area contributed by atoms with Crippen LogP contribution in [0.25, 0.3) is 44.6 Å². The Hall–Kier alpha value is -5.65. The molecular formula is C40H31IN4O10. The molecule has 2 atom stereocenters. The summed E-state index contributed by atoms with van der Waals surface area (Å²) < 4.78 is 14.0. The van der Waals surface area contributed by atoms with Crippen molar-refractivity contribution < 1.29 is 39.5 Å². The molecule has 0 saturated heterocycles. The Labute approximate surface area is 324 Å². The molecule has 4 aromatic heterocycles. The van der Waals surface area contributed by atoms with E-state index in [0.717, 1.165) is 21.9 Å². The first-order chi connectivity index (χ1) is 26.3. The molecule has 55 heavy (non-hydrogen) atoms. The van der Waals surface area contributed by atoms with E-state index in [1.807, 2.05) is 12.1 Å².